The van der Waals surface area contributed by atoms with Gasteiger partial charge in [-0.05, 0) is 17.7 Å². The lowest BCUT2D eigenvalue weighted by Crippen LogP contribution is -2.28. The summed E-state index contributed by atoms with van der Waals surface area (Å²) in [7, 11) is 1.24. The lowest BCUT2D eigenvalue weighted by molar-refractivity contribution is -0.151. The molecule has 156 valence electrons. The van der Waals surface area contributed by atoms with Gasteiger partial charge in [0, 0.05) is 19.5 Å². The molecule has 8 nitrogen and oxygen atoms in total. The molecule has 0 saturated carbocycles. The standard InChI is InChI=1S/C22H22N2O6/c1-29-22(28)17-9-5-6-10-18(17)23-19(25)14-30-21(27)16-11-20(26)24(13-16)12-15-7-3-2-4-8-15/h2-10,16H,11-14H2,1H3,(H,23,25). The third-order valence-corrected chi connectivity index (χ3v) is 4.72. The van der Waals surface area contributed by atoms with Crippen molar-refractivity contribution >= 4 is 29.4 Å². The van der Waals surface area contributed by atoms with Crippen molar-refractivity contribution in [3.05, 3.63) is 65.7 Å². The fourth-order valence-electron chi connectivity index (χ4n) is 3.21. The molecule has 2 aromatic carbocycles. The van der Waals surface area contributed by atoms with Crippen LogP contribution in [0.5, 0.6) is 0 Å². The van der Waals surface area contributed by atoms with Gasteiger partial charge in [0.05, 0.1) is 24.3 Å². The van der Waals surface area contributed by atoms with E-state index in [1.807, 2.05) is 30.3 Å². The number of carbonyl (C=O) groups is 4. The predicted molar refractivity (Wildman–Crippen MR) is 107 cm³/mol. The van der Waals surface area contributed by atoms with E-state index in [2.05, 4.69) is 10.1 Å². The van der Waals surface area contributed by atoms with Crippen molar-refractivity contribution in [2.45, 2.75) is 13.0 Å². The number of nitrogens with one attached hydrogen (secondary N) is 1. The number of carbonyl (C=O) groups excluding carboxylic acids is 4. The molecule has 0 aromatic heterocycles. The van der Waals surface area contributed by atoms with Crippen LogP contribution in [-0.2, 0) is 30.4 Å². The number of amides is 2. The maximum absolute atomic E-state index is 12.3. The zero-order valence-electron chi connectivity index (χ0n) is 16.5. The first-order valence-corrected chi connectivity index (χ1v) is 9.43. The third-order valence-electron chi connectivity index (χ3n) is 4.72. The fourth-order valence-corrected chi connectivity index (χ4v) is 3.21. The van der Waals surface area contributed by atoms with E-state index >= 15 is 0 Å². The number of esters is 2. The van der Waals surface area contributed by atoms with Crippen LogP contribution in [0, 0.1) is 5.92 Å². The van der Waals surface area contributed by atoms with Gasteiger partial charge in [0.2, 0.25) is 5.91 Å². The zero-order valence-corrected chi connectivity index (χ0v) is 16.5. The lowest BCUT2D eigenvalue weighted by atomic mass is 10.1. The minimum atomic E-state index is -0.614. The Labute approximate surface area is 173 Å². The van der Waals surface area contributed by atoms with E-state index in [1.54, 1.807) is 23.1 Å². The molecule has 0 radical (unpaired) electrons. The Morgan fingerprint density at radius 2 is 1.77 bits per heavy atom. The molecule has 1 atom stereocenters. The number of likely N-dealkylation sites (tertiary alicyclic amines) is 1. The van der Waals surface area contributed by atoms with Crippen molar-refractivity contribution in [1.29, 1.82) is 0 Å². The van der Waals surface area contributed by atoms with Crippen LogP contribution in [0.3, 0.4) is 0 Å². The Kier molecular flexibility index (Phi) is 6.79. The van der Waals surface area contributed by atoms with E-state index in [4.69, 9.17) is 4.74 Å². The van der Waals surface area contributed by atoms with Crippen molar-refractivity contribution in [2.75, 3.05) is 25.6 Å². The Morgan fingerprint density at radius 1 is 1.07 bits per heavy atom. The highest BCUT2D eigenvalue weighted by Crippen LogP contribution is 2.21. The summed E-state index contributed by atoms with van der Waals surface area (Å²) in [4.78, 5) is 50.0. The van der Waals surface area contributed by atoms with Crippen molar-refractivity contribution in [3.8, 4) is 0 Å². The SMILES string of the molecule is COC(=O)c1ccccc1NC(=O)COC(=O)C1CC(=O)N(Cc2ccccc2)C1. The molecule has 8 heteroatoms. The highest BCUT2D eigenvalue weighted by atomic mass is 16.5. The van der Waals surface area contributed by atoms with E-state index in [0.717, 1.165) is 5.56 Å². The van der Waals surface area contributed by atoms with E-state index in [1.165, 1.54) is 13.2 Å². The number of hydrogen-bond donors (Lipinski definition) is 1. The minimum absolute atomic E-state index is 0.0540. The average molecular weight is 410 g/mol. The molecule has 30 heavy (non-hydrogen) atoms. The third kappa shape index (κ3) is 5.22. The normalized spacial score (nSPS) is 15.6. The van der Waals surface area contributed by atoms with Crippen LogP contribution in [0.4, 0.5) is 5.69 Å². The number of rotatable bonds is 7. The smallest absolute Gasteiger partial charge is 0.339 e. The van der Waals surface area contributed by atoms with Gasteiger partial charge >= 0.3 is 11.9 Å². The maximum atomic E-state index is 12.3. The largest absolute Gasteiger partial charge is 0.465 e. The summed E-state index contributed by atoms with van der Waals surface area (Å²) < 4.78 is 9.76. The van der Waals surface area contributed by atoms with Crippen LogP contribution in [0.2, 0.25) is 0 Å². The molecule has 2 aromatic rings. The molecule has 0 spiro atoms. The van der Waals surface area contributed by atoms with Gasteiger partial charge in [-0.2, -0.15) is 0 Å². The van der Waals surface area contributed by atoms with Crippen molar-refractivity contribution in [2.24, 2.45) is 5.92 Å². The summed E-state index contributed by atoms with van der Waals surface area (Å²) in [5.74, 6) is -2.53. The summed E-state index contributed by atoms with van der Waals surface area (Å²) in [5, 5.41) is 2.53. The first kappa shape index (κ1) is 21.0. The van der Waals surface area contributed by atoms with Gasteiger partial charge in [0.1, 0.15) is 0 Å². The molecule has 2 amide bonds. The highest BCUT2D eigenvalue weighted by molar-refractivity contribution is 6.02. The van der Waals surface area contributed by atoms with Crippen LogP contribution >= 0.6 is 0 Å². The number of hydrogen-bond acceptors (Lipinski definition) is 6. The van der Waals surface area contributed by atoms with E-state index in [-0.39, 0.29) is 30.1 Å². The van der Waals surface area contributed by atoms with E-state index in [0.29, 0.717) is 6.54 Å². The zero-order chi connectivity index (χ0) is 21.5. The molecule has 1 unspecified atom stereocenters. The molecule has 1 heterocycles. The number of para-hydroxylation sites is 1. The molecular weight excluding hydrogens is 388 g/mol. The van der Waals surface area contributed by atoms with Crippen LogP contribution in [0.1, 0.15) is 22.3 Å². The van der Waals surface area contributed by atoms with E-state index < -0.39 is 30.4 Å². The summed E-state index contributed by atoms with van der Waals surface area (Å²) in [5.41, 5.74) is 1.43. The number of anilines is 1. The van der Waals surface area contributed by atoms with Gasteiger partial charge in [-0.25, -0.2) is 4.79 Å². The van der Waals surface area contributed by atoms with Crippen molar-refractivity contribution < 1.29 is 28.7 Å². The summed E-state index contributed by atoms with van der Waals surface area (Å²) in [6, 6.07) is 15.8. The van der Waals surface area contributed by atoms with Crippen LogP contribution < -0.4 is 5.32 Å². The molecule has 1 N–H and O–H groups in total. The summed E-state index contributed by atoms with van der Waals surface area (Å²) >= 11 is 0. The van der Waals surface area contributed by atoms with Crippen molar-refractivity contribution in [1.82, 2.24) is 4.90 Å². The predicted octanol–water partition coefficient (Wildman–Crippen LogP) is 2.00. The Hall–Kier alpha value is -3.68. The molecule has 1 saturated heterocycles. The monoisotopic (exact) mass is 410 g/mol. The Morgan fingerprint density at radius 3 is 2.50 bits per heavy atom. The lowest BCUT2D eigenvalue weighted by Gasteiger charge is -2.16. The van der Waals surface area contributed by atoms with Gasteiger partial charge in [-0.1, -0.05) is 42.5 Å². The molecular formula is C22H22N2O6. The molecule has 1 aliphatic rings. The highest BCUT2D eigenvalue weighted by Gasteiger charge is 2.35. The van der Waals surface area contributed by atoms with E-state index in [9.17, 15) is 19.2 Å². The van der Waals surface area contributed by atoms with Gasteiger partial charge in [-0.3, -0.25) is 14.4 Å². The maximum Gasteiger partial charge on any atom is 0.339 e. The topological polar surface area (TPSA) is 102 Å². The van der Waals surface area contributed by atoms with Crippen LogP contribution in [-0.4, -0.2) is 48.9 Å². The van der Waals surface area contributed by atoms with Gasteiger partial charge in [0.25, 0.3) is 5.91 Å². The Balaban J connectivity index is 1.50. The molecule has 1 fully saturated rings. The second-order valence-corrected chi connectivity index (χ2v) is 6.85. The number of methoxy groups -OCH3 is 1. The minimum Gasteiger partial charge on any atom is -0.465 e. The number of ether oxygens (including phenoxy) is 2. The summed E-state index contributed by atoms with van der Waals surface area (Å²) in [6.07, 6.45) is 0.0540. The molecule has 1 aliphatic heterocycles. The van der Waals surface area contributed by atoms with Gasteiger partial charge in [-0.15, -0.1) is 0 Å². The van der Waals surface area contributed by atoms with Crippen LogP contribution in [0.25, 0.3) is 0 Å². The molecule has 0 bridgehead atoms. The first-order valence-electron chi connectivity index (χ1n) is 9.43. The number of nitrogens with zero attached hydrogens (tertiary/aromatic N) is 1. The fraction of sp³-hybridized carbons (Fsp3) is 0.273. The average Bonchev–Trinajstić information content (AvgIpc) is 3.13. The summed E-state index contributed by atoms with van der Waals surface area (Å²) in [6.45, 7) is 0.158. The second-order valence-electron chi connectivity index (χ2n) is 6.85. The quantitative estimate of drug-likeness (QED) is 0.701. The van der Waals surface area contributed by atoms with Crippen molar-refractivity contribution in [3.63, 3.8) is 0 Å². The van der Waals surface area contributed by atoms with Crippen LogP contribution in [0.15, 0.2) is 54.6 Å². The van der Waals surface area contributed by atoms with Gasteiger partial charge in [0.15, 0.2) is 6.61 Å². The second kappa shape index (κ2) is 9.69. The first-order chi connectivity index (χ1) is 14.5. The Bertz CT molecular complexity index is 944. The molecule has 0 aliphatic carbocycles. The number of benzene rings is 2. The molecule has 3 rings (SSSR count). The van der Waals surface area contributed by atoms with Gasteiger partial charge < -0.3 is 19.7 Å².